The van der Waals surface area contributed by atoms with Gasteiger partial charge in [0.1, 0.15) is 5.75 Å². The Morgan fingerprint density at radius 2 is 2.09 bits per heavy atom. The molecule has 4 heteroatoms. The summed E-state index contributed by atoms with van der Waals surface area (Å²) in [5.74, 6) is 0.496. The third-order valence-electron chi connectivity index (χ3n) is 3.99. The number of allylic oxidation sites excluding steroid dienone is 1. The van der Waals surface area contributed by atoms with E-state index in [9.17, 15) is 4.79 Å². The van der Waals surface area contributed by atoms with E-state index in [0.29, 0.717) is 12.2 Å². The lowest BCUT2D eigenvalue weighted by Crippen LogP contribution is -2.21. The van der Waals surface area contributed by atoms with E-state index in [1.807, 2.05) is 31.2 Å². The number of hydrogen-bond donors (Lipinski definition) is 0. The molecule has 0 bridgehead atoms. The fraction of sp³-hybridized carbons (Fsp3) is 0.500. The van der Waals surface area contributed by atoms with Crippen molar-refractivity contribution in [1.29, 1.82) is 0 Å². The van der Waals surface area contributed by atoms with Crippen molar-refractivity contribution in [3.63, 3.8) is 0 Å². The van der Waals surface area contributed by atoms with Gasteiger partial charge in [-0.3, -0.25) is 0 Å². The highest BCUT2D eigenvalue weighted by Crippen LogP contribution is 2.30. The highest BCUT2D eigenvalue weighted by molar-refractivity contribution is 6.17. The number of carbonyl (C=O) groups is 1. The number of methoxy groups -OCH3 is 1. The molecule has 0 atom stereocenters. The van der Waals surface area contributed by atoms with Gasteiger partial charge in [-0.15, -0.1) is 0 Å². The van der Waals surface area contributed by atoms with Crippen molar-refractivity contribution in [2.45, 2.75) is 32.6 Å². The summed E-state index contributed by atoms with van der Waals surface area (Å²) >= 11 is 0. The van der Waals surface area contributed by atoms with Gasteiger partial charge in [-0.2, -0.15) is 0 Å². The summed E-state index contributed by atoms with van der Waals surface area (Å²) in [5, 5.41) is 0. The normalized spacial score (nSPS) is 17.7. The van der Waals surface area contributed by atoms with E-state index in [1.165, 1.54) is 6.42 Å². The number of rotatable bonds is 4. The first kappa shape index (κ1) is 16.4. The Balaban J connectivity index is 2.51. The van der Waals surface area contributed by atoms with Gasteiger partial charge in [0.2, 0.25) is 0 Å². The Morgan fingerprint density at radius 3 is 2.82 bits per heavy atom. The SMILES string of the molecule is CCOC(=O)C(=C1CCCCCN1C)c1cccc(OC)c1. The highest BCUT2D eigenvalue weighted by Gasteiger charge is 2.23. The quantitative estimate of drug-likeness (QED) is 0.630. The third kappa shape index (κ3) is 3.81. The second kappa shape index (κ2) is 7.87. The minimum absolute atomic E-state index is 0.250. The van der Waals surface area contributed by atoms with Gasteiger partial charge in [-0.1, -0.05) is 18.6 Å². The number of esters is 1. The molecule has 1 aliphatic heterocycles. The van der Waals surface area contributed by atoms with E-state index >= 15 is 0 Å². The first-order chi connectivity index (χ1) is 10.7. The molecular weight excluding hydrogens is 278 g/mol. The van der Waals surface area contributed by atoms with Crippen molar-refractivity contribution in [1.82, 2.24) is 4.90 Å². The summed E-state index contributed by atoms with van der Waals surface area (Å²) in [4.78, 5) is 14.7. The van der Waals surface area contributed by atoms with Gasteiger partial charge in [-0.25, -0.2) is 4.79 Å². The molecule has 1 saturated heterocycles. The largest absolute Gasteiger partial charge is 0.497 e. The molecule has 1 fully saturated rings. The molecule has 0 amide bonds. The molecule has 0 unspecified atom stereocenters. The maximum atomic E-state index is 12.6. The molecule has 1 aromatic carbocycles. The molecule has 1 aromatic rings. The zero-order valence-corrected chi connectivity index (χ0v) is 13.7. The van der Waals surface area contributed by atoms with Crippen molar-refractivity contribution in [2.24, 2.45) is 0 Å². The lowest BCUT2D eigenvalue weighted by molar-refractivity contribution is -0.136. The van der Waals surface area contributed by atoms with Crippen molar-refractivity contribution >= 4 is 11.5 Å². The van der Waals surface area contributed by atoms with E-state index in [-0.39, 0.29) is 5.97 Å². The highest BCUT2D eigenvalue weighted by atomic mass is 16.5. The maximum Gasteiger partial charge on any atom is 0.340 e. The van der Waals surface area contributed by atoms with Crippen molar-refractivity contribution in [3.8, 4) is 5.75 Å². The van der Waals surface area contributed by atoms with Gasteiger partial charge < -0.3 is 14.4 Å². The van der Waals surface area contributed by atoms with Crippen LogP contribution in [0.5, 0.6) is 5.75 Å². The van der Waals surface area contributed by atoms with Gasteiger partial charge in [-0.05, 0) is 43.9 Å². The van der Waals surface area contributed by atoms with Crippen LogP contribution in [0.4, 0.5) is 0 Å². The van der Waals surface area contributed by atoms with Gasteiger partial charge in [0.25, 0.3) is 0 Å². The molecule has 2 rings (SSSR count). The Bertz CT molecular complexity index is 551. The monoisotopic (exact) mass is 303 g/mol. The van der Waals surface area contributed by atoms with Crippen LogP contribution in [0.25, 0.3) is 5.57 Å². The third-order valence-corrected chi connectivity index (χ3v) is 3.99. The first-order valence-corrected chi connectivity index (χ1v) is 7.93. The molecular formula is C18H25NO3. The fourth-order valence-corrected chi connectivity index (χ4v) is 2.84. The van der Waals surface area contributed by atoms with Gasteiger partial charge >= 0.3 is 5.97 Å². The summed E-state index contributed by atoms with van der Waals surface area (Å²) in [6, 6.07) is 7.64. The zero-order chi connectivity index (χ0) is 15.9. The number of benzene rings is 1. The number of hydrogen-bond acceptors (Lipinski definition) is 4. The molecule has 22 heavy (non-hydrogen) atoms. The summed E-state index contributed by atoms with van der Waals surface area (Å²) in [6.07, 6.45) is 4.37. The fourth-order valence-electron chi connectivity index (χ4n) is 2.84. The number of likely N-dealkylation sites (tertiary alicyclic amines) is 1. The Morgan fingerprint density at radius 1 is 1.27 bits per heavy atom. The van der Waals surface area contributed by atoms with Crippen LogP contribution in [0.2, 0.25) is 0 Å². The molecule has 0 aromatic heterocycles. The molecule has 0 aliphatic carbocycles. The molecule has 0 radical (unpaired) electrons. The second-order valence-corrected chi connectivity index (χ2v) is 5.51. The topological polar surface area (TPSA) is 38.8 Å². The molecule has 120 valence electrons. The summed E-state index contributed by atoms with van der Waals surface area (Å²) < 4.78 is 10.6. The molecule has 1 aliphatic rings. The summed E-state index contributed by atoms with van der Waals surface area (Å²) in [5.41, 5.74) is 2.61. The van der Waals surface area contributed by atoms with E-state index in [2.05, 4.69) is 11.9 Å². The van der Waals surface area contributed by atoms with Crippen LogP contribution >= 0.6 is 0 Å². The van der Waals surface area contributed by atoms with Gasteiger partial charge in [0.15, 0.2) is 0 Å². The molecule has 0 N–H and O–H groups in total. The van der Waals surface area contributed by atoms with Crippen LogP contribution in [-0.2, 0) is 9.53 Å². The maximum absolute atomic E-state index is 12.6. The molecule has 1 heterocycles. The van der Waals surface area contributed by atoms with Gasteiger partial charge in [0.05, 0.1) is 19.3 Å². The first-order valence-electron chi connectivity index (χ1n) is 7.93. The number of carbonyl (C=O) groups excluding carboxylic acids is 1. The minimum atomic E-state index is -0.250. The van der Waals surface area contributed by atoms with Crippen LogP contribution < -0.4 is 4.74 Å². The standard InChI is InChI=1S/C18H25NO3/c1-4-22-18(20)17(14-9-8-10-15(13-14)21-3)16-11-6-5-7-12-19(16)2/h8-10,13H,4-7,11-12H2,1-3H3. The average molecular weight is 303 g/mol. The van der Waals surface area contributed by atoms with Crippen LogP contribution in [0, 0.1) is 0 Å². The molecule has 4 nitrogen and oxygen atoms in total. The van der Waals surface area contributed by atoms with Crippen molar-refractivity contribution < 1.29 is 14.3 Å². The smallest absolute Gasteiger partial charge is 0.340 e. The Kier molecular flexibility index (Phi) is 5.87. The van der Waals surface area contributed by atoms with Crippen LogP contribution in [0.15, 0.2) is 30.0 Å². The summed E-state index contributed by atoms with van der Waals surface area (Å²) in [6.45, 7) is 3.19. The average Bonchev–Trinajstić information content (AvgIpc) is 2.73. The van der Waals surface area contributed by atoms with Gasteiger partial charge in [0, 0.05) is 19.3 Å². The molecule has 0 saturated carbocycles. The van der Waals surface area contributed by atoms with Crippen LogP contribution in [-0.4, -0.2) is 38.2 Å². The van der Waals surface area contributed by atoms with Crippen molar-refractivity contribution in [2.75, 3.05) is 27.3 Å². The van der Waals surface area contributed by atoms with Crippen LogP contribution in [0.3, 0.4) is 0 Å². The number of ether oxygens (including phenoxy) is 2. The predicted molar refractivity (Wildman–Crippen MR) is 87.6 cm³/mol. The van der Waals surface area contributed by atoms with E-state index in [4.69, 9.17) is 9.47 Å². The zero-order valence-electron chi connectivity index (χ0n) is 13.7. The van der Waals surface area contributed by atoms with E-state index in [0.717, 1.165) is 42.8 Å². The Hall–Kier alpha value is -1.97. The lowest BCUT2D eigenvalue weighted by atomic mass is 10.0. The molecule has 0 spiro atoms. The minimum Gasteiger partial charge on any atom is -0.497 e. The number of nitrogens with zero attached hydrogens (tertiary/aromatic N) is 1. The van der Waals surface area contributed by atoms with E-state index in [1.54, 1.807) is 7.11 Å². The second-order valence-electron chi connectivity index (χ2n) is 5.51. The Labute approximate surface area is 132 Å². The predicted octanol–water partition coefficient (Wildman–Crippen LogP) is 3.48. The van der Waals surface area contributed by atoms with Crippen LogP contribution in [0.1, 0.15) is 38.2 Å². The lowest BCUT2D eigenvalue weighted by Gasteiger charge is -2.23. The van der Waals surface area contributed by atoms with Crippen molar-refractivity contribution in [3.05, 3.63) is 35.5 Å². The van der Waals surface area contributed by atoms with E-state index < -0.39 is 0 Å². The summed E-state index contributed by atoms with van der Waals surface area (Å²) in [7, 11) is 3.69.